The summed E-state index contributed by atoms with van der Waals surface area (Å²) in [6.07, 6.45) is 0. The maximum Gasteiger partial charge on any atom is 0.277 e. The molecule has 1 N–H and O–H groups in total. The van der Waals surface area contributed by atoms with Crippen LogP contribution in [0.5, 0.6) is 5.75 Å². The molecule has 2 aromatic carbocycles. The average Bonchev–Trinajstić information content (AvgIpc) is 3.12. The second-order valence-corrected chi connectivity index (χ2v) is 5.39. The van der Waals surface area contributed by atoms with Crippen molar-refractivity contribution in [2.75, 3.05) is 12.4 Å². The molecule has 6 heteroatoms. The molecule has 0 aliphatic rings. The van der Waals surface area contributed by atoms with Crippen LogP contribution in [0.25, 0.3) is 11.3 Å². The number of amides is 1. The lowest BCUT2D eigenvalue weighted by atomic mass is 10.1. The van der Waals surface area contributed by atoms with E-state index in [0.29, 0.717) is 17.0 Å². The molecule has 3 rings (SSSR count). The molecule has 25 heavy (non-hydrogen) atoms. The smallest absolute Gasteiger partial charge is 0.277 e. The van der Waals surface area contributed by atoms with Crippen molar-refractivity contribution in [1.29, 1.82) is 0 Å². The van der Waals surface area contributed by atoms with Crippen molar-refractivity contribution in [3.63, 3.8) is 0 Å². The summed E-state index contributed by atoms with van der Waals surface area (Å²) in [5.41, 5.74) is 2.12. The highest BCUT2D eigenvalue weighted by atomic mass is 16.5. The van der Waals surface area contributed by atoms with Crippen LogP contribution in [-0.4, -0.2) is 24.0 Å². The van der Waals surface area contributed by atoms with Crippen LogP contribution in [0, 0.1) is 0 Å². The van der Waals surface area contributed by atoms with Crippen molar-refractivity contribution in [2.45, 2.75) is 6.92 Å². The van der Waals surface area contributed by atoms with E-state index in [-0.39, 0.29) is 17.4 Å². The molecule has 0 atom stereocenters. The summed E-state index contributed by atoms with van der Waals surface area (Å²) in [4.78, 5) is 23.5. The Kier molecular flexibility index (Phi) is 4.61. The lowest BCUT2D eigenvalue weighted by Crippen LogP contribution is -2.12. The molecule has 3 aromatic rings. The average molecular weight is 336 g/mol. The first kappa shape index (κ1) is 16.4. The first-order chi connectivity index (χ1) is 12.1. The van der Waals surface area contributed by atoms with Crippen LogP contribution in [0.4, 0.5) is 5.69 Å². The van der Waals surface area contributed by atoms with Crippen molar-refractivity contribution in [1.82, 2.24) is 5.16 Å². The Morgan fingerprint density at radius 1 is 1.04 bits per heavy atom. The Balaban J connectivity index is 1.72. The van der Waals surface area contributed by atoms with Crippen LogP contribution in [0.1, 0.15) is 27.8 Å². The van der Waals surface area contributed by atoms with Crippen LogP contribution in [0.2, 0.25) is 0 Å². The lowest BCUT2D eigenvalue weighted by Gasteiger charge is -2.03. The molecule has 0 aliphatic heterocycles. The predicted octanol–water partition coefficient (Wildman–Crippen LogP) is 3.81. The third kappa shape index (κ3) is 3.74. The molecule has 0 spiro atoms. The molecule has 1 amide bonds. The van der Waals surface area contributed by atoms with Gasteiger partial charge in [-0.2, -0.15) is 0 Å². The van der Waals surface area contributed by atoms with Gasteiger partial charge in [0.05, 0.1) is 7.11 Å². The van der Waals surface area contributed by atoms with Crippen molar-refractivity contribution < 1.29 is 18.8 Å². The van der Waals surface area contributed by atoms with Crippen molar-refractivity contribution in [2.24, 2.45) is 0 Å². The third-order valence-electron chi connectivity index (χ3n) is 3.67. The highest BCUT2D eigenvalue weighted by Crippen LogP contribution is 2.23. The van der Waals surface area contributed by atoms with E-state index >= 15 is 0 Å². The van der Waals surface area contributed by atoms with Gasteiger partial charge in [-0.3, -0.25) is 9.59 Å². The molecule has 0 bridgehead atoms. The lowest BCUT2D eigenvalue weighted by molar-refractivity contribution is 0.101. The number of nitrogens with zero attached hydrogens (tertiary/aromatic N) is 1. The number of rotatable bonds is 5. The van der Waals surface area contributed by atoms with Gasteiger partial charge in [-0.05, 0) is 55.5 Å². The van der Waals surface area contributed by atoms with Crippen molar-refractivity contribution in [3.05, 3.63) is 65.9 Å². The maximum atomic E-state index is 12.3. The molecule has 6 nitrogen and oxygen atoms in total. The molecule has 0 fully saturated rings. The van der Waals surface area contributed by atoms with Crippen LogP contribution in [0.15, 0.2) is 59.1 Å². The van der Waals surface area contributed by atoms with E-state index < -0.39 is 0 Å². The fourth-order valence-corrected chi connectivity index (χ4v) is 2.26. The number of aromatic nitrogens is 1. The van der Waals surface area contributed by atoms with Gasteiger partial charge in [0.25, 0.3) is 5.91 Å². The SMILES string of the molecule is COc1ccc(-c2cc(C(=O)Nc3ccc(C(C)=O)cc3)no2)cc1. The maximum absolute atomic E-state index is 12.3. The summed E-state index contributed by atoms with van der Waals surface area (Å²) < 4.78 is 10.3. The minimum absolute atomic E-state index is 0.0292. The number of anilines is 1. The van der Waals surface area contributed by atoms with E-state index in [1.807, 2.05) is 12.1 Å². The van der Waals surface area contributed by atoms with Gasteiger partial charge < -0.3 is 14.6 Å². The molecule has 0 saturated carbocycles. The Hall–Kier alpha value is -3.41. The topological polar surface area (TPSA) is 81.4 Å². The Morgan fingerprint density at radius 3 is 2.32 bits per heavy atom. The summed E-state index contributed by atoms with van der Waals surface area (Å²) >= 11 is 0. The number of methoxy groups -OCH3 is 1. The summed E-state index contributed by atoms with van der Waals surface area (Å²) in [6.45, 7) is 1.49. The molecular weight excluding hydrogens is 320 g/mol. The van der Waals surface area contributed by atoms with Crippen LogP contribution < -0.4 is 10.1 Å². The predicted molar refractivity (Wildman–Crippen MR) is 92.9 cm³/mol. The number of benzene rings is 2. The zero-order valence-electron chi connectivity index (χ0n) is 13.8. The number of hydrogen-bond acceptors (Lipinski definition) is 5. The Morgan fingerprint density at radius 2 is 1.72 bits per heavy atom. The van der Waals surface area contributed by atoms with E-state index in [1.54, 1.807) is 49.6 Å². The number of nitrogens with one attached hydrogen (secondary N) is 1. The van der Waals surface area contributed by atoms with E-state index in [0.717, 1.165) is 11.3 Å². The van der Waals surface area contributed by atoms with Gasteiger partial charge in [0.15, 0.2) is 17.2 Å². The third-order valence-corrected chi connectivity index (χ3v) is 3.67. The summed E-state index contributed by atoms with van der Waals surface area (Å²) in [5, 5.41) is 6.52. The van der Waals surface area contributed by atoms with Gasteiger partial charge in [-0.25, -0.2) is 0 Å². The van der Waals surface area contributed by atoms with Crippen molar-refractivity contribution >= 4 is 17.4 Å². The monoisotopic (exact) mass is 336 g/mol. The Bertz CT molecular complexity index is 896. The normalized spacial score (nSPS) is 10.3. The zero-order valence-corrected chi connectivity index (χ0v) is 13.8. The van der Waals surface area contributed by atoms with Gasteiger partial charge in [-0.1, -0.05) is 5.16 Å². The number of carbonyl (C=O) groups excluding carboxylic acids is 2. The van der Waals surface area contributed by atoms with Crippen LogP contribution in [-0.2, 0) is 0 Å². The molecule has 1 heterocycles. The van der Waals surface area contributed by atoms with Crippen LogP contribution in [0.3, 0.4) is 0 Å². The second-order valence-electron chi connectivity index (χ2n) is 5.39. The first-order valence-corrected chi connectivity index (χ1v) is 7.60. The largest absolute Gasteiger partial charge is 0.497 e. The summed E-state index contributed by atoms with van der Waals surface area (Å²) in [7, 11) is 1.59. The fourth-order valence-electron chi connectivity index (χ4n) is 2.26. The van der Waals surface area contributed by atoms with Crippen molar-refractivity contribution in [3.8, 4) is 17.1 Å². The quantitative estimate of drug-likeness (QED) is 0.717. The number of carbonyl (C=O) groups is 2. The standard InChI is InChI=1S/C19H16N2O4/c1-12(22)13-3-7-15(8-4-13)20-19(23)17-11-18(25-21-17)14-5-9-16(24-2)10-6-14/h3-11H,1-2H3,(H,20,23). The van der Waals surface area contributed by atoms with E-state index in [9.17, 15) is 9.59 Å². The number of Topliss-reactive ketones (excluding diaryl/α,β-unsaturated/α-hetero) is 1. The number of ketones is 1. The van der Waals surface area contributed by atoms with E-state index in [4.69, 9.17) is 9.26 Å². The molecule has 0 radical (unpaired) electrons. The van der Waals surface area contributed by atoms with Gasteiger partial charge in [0, 0.05) is 22.9 Å². The first-order valence-electron chi connectivity index (χ1n) is 7.60. The van der Waals surface area contributed by atoms with E-state index in [1.165, 1.54) is 6.92 Å². The molecule has 0 aliphatic carbocycles. The highest BCUT2D eigenvalue weighted by molar-refractivity contribution is 6.03. The van der Waals surface area contributed by atoms with Gasteiger partial charge >= 0.3 is 0 Å². The molecule has 0 saturated heterocycles. The highest BCUT2D eigenvalue weighted by Gasteiger charge is 2.14. The molecular formula is C19H16N2O4. The molecule has 126 valence electrons. The molecule has 1 aromatic heterocycles. The van der Waals surface area contributed by atoms with Gasteiger partial charge in [0.2, 0.25) is 0 Å². The van der Waals surface area contributed by atoms with Crippen LogP contribution >= 0.6 is 0 Å². The summed E-state index contributed by atoms with van der Waals surface area (Å²) in [5.74, 6) is 0.799. The number of ether oxygens (including phenoxy) is 1. The number of hydrogen-bond donors (Lipinski definition) is 1. The summed E-state index contributed by atoms with van der Waals surface area (Å²) in [6, 6.07) is 15.5. The minimum Gasteiger partial charge on any atom is -0.497 e. The fraction of sp³-hybridized carbons (Fsp3) is 0.105. The second kappa shape index (κ2) is 7.00. The van der Waals surface area contributed by atoms with Gasteiger partial charge in [-0.15, -0.1) is 0 Å². The Labute approximate surface area is 144 Å². The minimum atomic E-state index is -0.390. The molecule has 0 unspecified atom stereocenters. The van der Waals surface area contributed by atoms with E-state index in [2.05, 4.69) is 10.5 Å². The zero-order chi connectivity index (χ0) is 17.8. The van der Waals surface area contributed by atoms with Gasteiger partial charge in [0.1, 0.15) is 5.75 Å².